The smallest absolute Gasteiger partial charge is 0.243 e. The number of hydrogen-bond donors (Lipinski definition) is 1. The second-order valence-corrected chi connectivity index (χ2v) is 6.54. The standard InChI is InChI=1S/C14H22N2O2S/c1-5-9-16(11(3)4)19(17,18)14-10-13(15)8-7-12(14)6-2/h5,7-8,10-11H,1,6,9,15H2,2-4H3. The molecule has 1 rings (SSSR count). The van der Waals surface area contributed by atoms with Crippen LogP contribution in [0.5, 0.6) is 0 Å². The fourth-order valence-corrected chi connectivity index (χ4v) is 3.88. The third kappa shape index (κ3) is 3.36. The van der Waals surface area contributed by atoms with Crippen molar-refractivity contribution in [1.82, 2.24) is 4.31 Å². The van der Waals surface area contributed by atoms with E-state index < -0.39 is 10.0 Å². The number of nitrogen functional groups attached to an aromatic ring is 1. The number of nitrogens with two attached hydrogens (primary N) is 1. The van der Waals surface area contributed by atoms with Crippen molar-refractivity contribution in [3.8, 4) is 0 Å². The SMILES string of the molecule is C=CCN(C(C)C)S(=O)(=O)c1cc(N)ccc1CC. The molecule has 0 unspecified atom stereocenters. The van der Waals surface area contributed by atoms with E-state index >= 15 is 0 Å². The summed E-state index contributed by atoms with van der Waals surface area (Å²) in [7, 11) is -3.55. The van der Waals surface area contributed by atoms with Crippen molar-refractivity contribution in [2.75, 3.05) is 12.3 Å². The fraction of sp³-hybridized carbons (Fsp3) is 0.429. The Labute approximate surface area is 116 Å². The molecule has 0 radical (unpaired) electrons. The second-order valence-electron chi connectivity index (χ2n) is 4.68. The molecule has 4 nitrogen and oxygen atoms in total. The van der Waals surface area contributed by atoms with Crippen LogP contribution in [-0.4, -0.2) is 25.3 Å². The highest BCUT2D eigenvalue weighted by molar-refractivity contribution is 7.89. The number of sulfonamides is 1. The molecule has 0 saturated carbocycles. The van der Waals surface area contributed by atoms with E-state index in [1.165, 1.54) is 10.4 Å². The van der Waals surface area contributed by atoms with E-state index in [-0.39, 0.29) is 12.6 Å². The van der Waals surface area contributed by atoms with Gasteiger partial charge in [-0.15, -0.1) is 6.58 Å². The van der Waals surface area contributed by atoms with Crippen molar-refractivity contribution in [2.45, 2.75) is 38.1 Å². The van der Waals surface area contributed by atoms with E-state index in [9.17, 15) is 8.42 Å². The molecule has 1 aromatic rings. The summed E-state index contributed by atoms with van der Waals surface area (Å²) in [4.78, 5) is 0.297. The van der Waals surface area contributed by atoms with Crippen molar-refractivity contribution in [3.05, 3.63) is 36.4 Å². The van der Waals surface area contributed by atoms with Crippen molar-refractivity contribution >= 4 is 15.7 Å². The molecule has 19 heavy (non-hydrogen) atoms. The van der Waals surface area contributed by atoms with Crippen molar-refractivity contribution in [1.29, 1.82) is 0 Å². The highest BCUT2D eigenvalue weighted by Crippen LogP contribution is 2.24. The Bertz CT molecular complexity index is 551. The molecule has 0 fully saturated rings. The predicted octanol–water partition coefficient (Wildman–Crippen LogP) is 2.42. The monoisotopic (exact) mass is 282 g/mol. The molecule has 5 heteroatoms. The zero-order chi connectivity index (χ0) is 14.6. The van der Waals surface area contributed by atoms with E-state index in [4.69, 9.17) is 5.73 Å². The predicted molar refractivity (Wildman–Crippen MR) is 79.5 cm³/mol. The van der Waals surface area contributed by atoms with Gasteiger partial charge in [0, 0.05) is 18.3 Å². The minimum Gasteiger partial charge on any atom is -0.399 e. The maximum Gasteiger partial charge on any atom is 0.243 e. The molecule has 0 atom stereocenters. The van der Waals surface area contributed by atoms with Gasteiger partial charge >= 0.3 is 0 Å². The van der Waals surface area contributed by atoms with Crippen molar-refractivity contribution < 1.29 is 8.42 Å². The zero-order valence-corrected chi connectivity index (χ0v) is 12.6. The number of anilines is 1. The molecule has 106 valence electrons. The third-order valence-electron chi connectivity index (χ3n) is 2.94. The quantitative estimate of drug-likeness (QED) is 0.644. The Morgan fingerprint density at radius 3 is 2.53 bits per heavy atom. The lowest BCUT2D eigenvalue weighted by atomic mass is 10.1. The molecule has 0 aliphatic carbocycles. The van der Waals surface area contributed by atoms with Gasteiger partial charge in [-0.3, -0.25) is 0 Å². The largest absolute Gasteiger partial charge is 0.399 e. The van der Waals surface area contributed by atoms with Gasteiger partial charge < -0.3 is 5.73 Å². The Morgan fingerprint density at radius 2 is 2.05 bits per heavy atom. The normalized spacial score (nSPS) is 12.1. The van der Waals surface area contributed by atoms with Crippen LogP contribution >= 0.6 is 0 Å². The molecule has 2 N–H and O–H groups in total. The second kappa shape index (κ2) is 6.21. The first-order valence-corrected chi connectivity index (χ1v) is 7.79. The molecule has 0 amide bonds. The van der Waals surface area contributed by atoms with Crippen LogP contribution in [0.15, 0.2) is 35.7 Å². The van der Waals surface area contributed by atoms with Crippen LogP contribution in [0.3, 0.4) is 0 Å². The molecular weight excluding hydrogens is 260 g/mol. The van der Waals surface area contributed by atoms with E-state index in [0.29, 0.717) is 17.0 Å². The summed E-state index contributed by atoms with van der Waals surface area (Å²) < 4.78 is 26.9. The van der Waals surface area contributed by atoms with Crippen LogP contribution in [0.2, 0.25) is 0 Å². The van der Waals surface area contributed by atoms with Gasteiger partial charge in [-0.05, 0) is 38.0 Å². The maximum absolute atomic E-state index is 12.7. The molecule has 1 aromatic carbocycles. The summed E-state index contributed by atoms with van der Waals surface area (Å²) in [5, 5.41) is 0. The van der Waals surface area contributed by atoms with Gasteiger partial charge in [-0.2, -0.15) is 4.31 Å². The molecule has 0 aromatic heterocycles. The van der Waals surface area contributed by atoms with E-state index in [1.807, 2.05) is 20.8 Å². The van der Waals surface area contributed by atoms with Crippen LogP contribution in [0.1, 0.15) is 26.3 Å². The highest BCUT2D eigenvalue weighted by atomic mass is 32.2. The lowest BCUT2D eigenvalue weighted by Crippen LogP contribution is -2.37. The Balaban J connectivity index is 3.40. The highest BCUT2D eigenvalue weighted by Gasteiger charge is 2.27. The molecule has 0 aliphatic heterocycles. The molecule has 0 bridgehead atoms. The molecule has 0 spiro atoms. The summed E-state index contributed by atoms with van der Waals surface area (Å²) >= 11 is 0. The Hall–Kier alpha value is -1.33. The topological polar surface area (TPSA) is 63.4 Å². The first kappa shape index (κ1) is 15.7. The first-order valence-electron chi connectivity index (χ1n) is 6.35. The first-order chi connectivity index (χ1) is 8.84. The van der Waals surface area contributed by atoms with Crippen molar-refractivity contribution in [3.63, 3.8) is 0 Å². The molecule has 0 saturated heterocycles. The summed E-state index contributed by atoms with van der Waals surface area (Å²) in [6, 6.07) is 4.90. The van der Waals surface area contributed by atoms with Gasteiger partial charge in [0.1, 0.15) is 0 Å². The lowest BCUT2D eigenvalue weighted by Gasteiger charge is -2.25. The summed E-state index contributed by atoms with van der Waals surface area (Å²) in [6.07, 6.45) is 2.24. The van der Waals surface area contributed by atoms with Gasteiger partial charge in [-0.25, -0.2) is 8.42 Å². The summed E-state index contributed by atoms with van der Waals surface area (Å²) in [5.74, 6) is 0. The van der Waals surface area contributed by atoms with Crippen LogP contribution in [-0.2, 0) is 16.4 Å². The number of rotatable bonds is 6. The number of aryl methyl sites for hydroxylation is 1. The molecule has 0 aliphatic rings. The third-order valence-corrected chi connectivity index (χ3v) is 5.07. The van der Waals surface area contributed by atoms with E-state index in [2.05, 4.69) is 6.58 Å². The Morgan fingerprint density at radius 1 is 1.42 bits per heavy atom. The van der Waals surface area contributed by atoms with E-state index in [1.54, 1.807) is 18.2 Å². The van der Waals surface area contributed by atoms with Crippen LogP contribution in [0, 0.1) is 0 Å². The number of benzene rings is 1. The summed E-state index contributed by atoms with van der Waals surface area (Å²) in [6.45, 7) is 9.53. The minimum atomic E-state index is -3.55. The van der Waals surface area contributed by atoms with Gasteiger partial charge in [0.15, 0.2) is 0 Å². The molecule has 0 heterocycles. The van der Waals surface area contributed by atoms with Crippen LogP contribution < -0.4 is 5.73 Å². The van der Waals surface area contributed by atoms with Crippen LogP contribution in [0.4, 0.5) is 5.69 Å². The maximum atomic E-state index is 12.7. The fourth-order valence-electron chi connectivity index (χ4n) is 1.94. The zero-order valence-electron chi connectivity index (χ0n) is 11.8. The number of hydrogen-bond acceptors (Lipinski definition) is 3. The Kier molecular flexibility index (Phi) is 5.14. The van der Waals surface area contributed by atoms with Gasteiger partial charge in [-0.1, -0.05) is 19.1 Å². The van der Waals surface area contributed by atoms with Crippen molar-refractivity contribution in [2.24, 2.45) is 0 Å². The number of nitrogens with zero attached hydrogens (tertiary/aromatic N) is 1. The minimum absolute atomic E-state index is 0.130. The van der Waals surface area contributed by atoms with Gasteiger partial charge in [0.2, 0.25) is 10.0 Å². The van der Waals surface area contributed by atoms with Gasteiger partial charge in [0.05, 0.1) is 4.90 Å². The van der Waals surface area contributed by atoms with Crippen LogP contribution in [0.25, 0.3) is 0 Å². The molecular formula is C14H22N2O2S. The summed E-state index contributed by atoms with van der Waals surface area (Å²) in [5.41, 5.74) is 6.96. The average molecular weight is 282 g/mol. The van der Waals surface area contributed by atoms with E-state index in [0.717, 1.165) is 5.56 Å². The average Bonchev–Trinajstić information content (AvgIpc) is 2.35. The van der Waals surface area contributed by atoms with Gasteiger partial charge in [0.25, 0.3) is 0 Å². The lowest BCUT2D eigenvalue weighted by molar-refractivity contribution is 0.382.